The Labute approximate surface area is 138 Å². The van der Waals surface area contributed by atoms with Crippen LogP contribution in [0, 0.1) is 0 Å². The molecule has 0 bridgehead atoms. The standard InChI is InChI=1S/C17H17N3O4/c1-2-24-16(23)11-19-9-8-14(21)20-15(22)10-13(18-17(19)20)12-6-4-3-5-7-12/h3-7,10H,2,8-9,11H2,1H3. The van der Waals surface area contributed by atoms with Gasteiger partial charge in [-0.05, 0) is 6.92 Å². The zero-order valence-electron chi connectivity index (χ0n) is 13.3. The molecule has 124 valence electrons. The van der Waals surface area contributed by atoms with Crippen molar-refractivity contribution in [2.45, 2.75) is 13.3 Å². The summed E-state index contributed by atoms with van der Waals surface area (Å²) in [6.07, 6.45) is 0.151. The monoisotopic (exact) mass is 327 g/mol. The predicted molar refractivity (Wildman–Crippen MR) is 88.0 cm³/mol. The number of hydrogen-bond acceptors (Lipinski definition) is 6. The largest absolute Gasteiger partial charge is 0.465 e. The molecular formula is C17H17N3O4. The van der Waals surface area contributed by atoms with Gasteiger partial charge in [-0.3, -0.25) is 14.4 Å². The molecule has 0 spiro atoms. The summed E-state index contributed by atoms with van der Waals surface area (Å²) in [6.45, 7) is 2.27. The van der Waals surface area contributed by atoms with Crippen molar-refractivity contribution < 1.29 is 14.3 Å². The van der Waals surface area contributed by atoms with Crippen LogP contribution >= 0.6 is 0 Å². The second-order valence-corrected chi connectivity index (χ2v) is 5.35. The number of benzene rings is 1. The van der Waals surface area contributed by atoms with Gasteiger partial charge < -0.3 is 9.64 Å². The number of esters is 1. The van der Waals surface area contributed by atoms with Crippen molar-refractivity contribution in [1.29, 1.82) is 0 Å². The molecule has 1 aliphatic rings. The Morgan fingerprint density at radius 1 is 1.25 bits per heavy atom. The van der Waals surface area contributed by atoms with Crippen LogP contribution in [-0.4, -0.2) is 41.1 Å². The maximum atomic E-state index is 12.4. The fraction of sp³-hybridized carbons (Fsp3) is 0.294. The summed E-state index contributed by atoms with van der Waals surface area (Å²) in [7, 11) is 0. The molecule has 3 rings (SSSR count). The van der Waals surface area contributed by atoms with Gasteiger partial charge in [-0.25, -0.2) is 9.55 Å². The SMILES string of the molecule is CCOC(=O)CN1CCC(=O)n2c1nc(-c1ccccc1)cc2=O. The number of carbonyl (C=O) groups is 2. The van der Waals surface area contributed by atoms with Crippen molar-refractivity contribution in [3.8, 4) is 11.3 Å². The van der Waals surface area contributed by atoms with Crippen molar-refractivity contribution in [1.82, 2.24) is 9.55 Å². The minimum absolute atomic E-state index is 0.0498. The molecule has 1 aromatic carbocycles. The first-order valence-corrected chi connectivity index (χ1v) is 7.73. The van der Waals surface area contributed by atoms with Crippen LogP contribution in [0.5, 0.6) is 0 Å². The van der Waals surface area contributed by atoms with Gasteiger partial charge in [0, 0.05) is 24.6 Å². The number of nitrogens with zero attached hydrogens (tertiary/aromatic N) is 3. The van der Waals surface area contributed by atoms with E-state index in [4.69, 9.17) is 4.74 Å². The minimum atomic E-state index is -0.447. The van der Waals surface area contributed by atoms with E-state index in [2.05, 4.69) is 4.98 Å². The van der Waals surface area contributed by atoms with Crippen LogP contribution in [0.15, 0.2) is 41.2 Å². The second kappa shape index (κ2) is 6.66. The first-order chi connectivity index (χ1) is 11.6. The summed E-state index contributed by atoms with van der Waals surface area (Å²) >= 11 is 0. The Kier molecular flexibility index (Phi) is 4.41. The van der Waals surface area contributed by atoms with E-state index in [1.165, 1.54) is 6.07 Å². The molecule has 0 aliphatic carbocycles. The highest BCUT2D eigenvalue weighted by Crippen LogP contribution is 2.21. The van der Waals surface area contributed by atoms with Gasteiger partial charge in [0.25, 0.3) is 5.56 Å². The number of carbonyl (C=O) groups excluding carboxylic acids is 2. The molecule has 1 aromatic heterocycles. The quantitative estimate of drug-likeness (QED) is 0.788. The molecule has 0 saturated carbocycles. The van der Waals surface area contributed by atoms with Gasteiger partial charge in [0.1, 0.15) is 6.54 Å². The summed E-state index contributed by atoms with van der Waals surface area (Å²) < 4.78 is 5.97. The fourth-order valence-electron chi connectivity index (χ4n) is 2.63. The van der Waals surface area contributed by atoms with Gasteiger partial charge in [0.05, 0.1) is 12.3 Å². The van der Waals surface area contributed by atoms with E-state index in [9.17, 15) is 14.4 Å². The van der Waals surface area contributed by atoms with E-state index in [1.54, 1.807) is 11.8 Å². The molecule has 0 N–H and O–H groups in total. The minimum Gasteiger partial charge on any atom is -0.465 e. The van der Waals surface area contributed by atoms with Crippen molar-refractivity contribution >= 4 is 17.8 Å². The maximum Gasteiger partial charge on any atom is 0.325 e. The third kappa shape index (κ3) is 3.05. The number of fused-ring (bicyclic) bond motifs is 1. The first-order valence-electron chi connectivity index (χ1n) is 7.73. The van der Waals surface area contributed by atoms with Gasteiger partial charge in [-0.1, -0.05) is 30.3 Å². The summed E-state index contributed by atoms with van der Waals surface area (Å²) in [4.78, 5) is 42.3. The molecule has 0 radical (unpaired) electrons. The molecule has 1 aliphatic heterocycles. The predicted octanol–water partition coefficient (Wildman–Crippen LogP) is 1.32. The number of hydrogen-bond donors (Lipinski definition) is 0. The van der Waals surface area contributed by atoms with E-state index in [1.807, 2.05) is 30.3 Å². The van der Waals surface area contributed by atoms with E-state index in [-0.39, 0.29) is 31.4 Å². The van der Waals surface area contributed by atoms with Crippen molar-refractivity contribution in [2.75, 3.05) is 24.6 Å². The second-order valence-electron chi connectivity index (χ2n) is 5.35. The van der Waals surface area contributed by atoms with E-state index >= 15 is 0 Å². The highest BCUT2D eigenvalue weighted by Gasteiger charge is 2.27. The Balaban J connectivity index is 2.05. The topological polar surface area (TPSA) is 81.5 Å². The summed E-state index contributed by atoms with van der Waals surface area (Å²) in [5, 5.41) is 0. The van der Waals surface area contributed by atoms with Crippen LogP contribution < -0.4 is 10.5 Å². The smallest absolute Gasteiger partial charge is 0.325 e. The lowest BCUT2D eigenvalue weighted by atomic mass is 10.1. The Hall–Kier alpha value is -2.96. The lowest BCUT2D eigenvalue weighted by molar-refractivity contribution is -0.141. The Bertz CT molecular complexity index is 829. The van der Waals surface area contributed by atoms with Crippen molar-refractivity contribution in [3.63, 3.8) is 0 Å². The highest BCUT2D eigenvalue weighted by atomic mass is 16.5. The number of aromatic nitrogens is 2. The maximum absolute atomic E-state index is 12.4. The molecule has 2 aromatic rings. The van der Waals surface area contributed by atoms with Gasteiger partial charge in [0.2, 0.25) is 11.9 Å². The zero-order chi connectivity index (χ0) is 17.1. The molecule has 0 atom stereocenters. The molecule has 24 heavy (non-hydrogen) atoms. The van der Waals surface area contributed by atoms with Crippen molar-refractivity contribution in [2.24, 2.45) is 0 Å². The summed E-state index contributed by atoms with van der Waals surface area (Å²) in [5.41, 5.74) is 0.792. The molecule has 2 heterocycles. The van der Waals surface area contributed by atoms with Gasteiger partial charge in [-0.15, -0.1) is 0 Å². The molecule has 7 nitrogen and oxygen atoms in total. The van der Waals surface area contributed by atoms with Gasteiger partial charge in [0.15, 0.2) is 0 Å². The van der Waals surface area contributed by atoms with E-state index in [0.717, 1.165) is 10.1 Å². The van der Waals surface area contributed by atoms with E-state index in [0.29, 0.717) is 12.2 Å². The van der Waals surface area contributed by atoms with Crippen LogP contribution in [0.25, 0.3) is 11.3 Å². The molecule has 0 unspecified atom stereocenters. The first kappa shape index (κ1) is 15.9. The zero-order valence-corrected chi connectivity index (χ0v) is 13.3. The normalized spacial score (nSPS) is 13.5. The van der Waals surface area contributed by atoms with E-state index < -0.39 is 11.5 Å². The highest BCUT2D eigenvalue weighted by molar-refractivity contribution is 5.86. The number of rotatable bonds is 4. The molecular weight excluding hydrogens is 310 g/mol. The lowest BCUT2D eigenvalue weighted by Gasteiger charge is -2.29. The van der Waals surface area contributed by atoms with Crippen LogP contribution in [0.3, 0.4) is 0 Å². The molecule has 0 amide bonds. The van der Waals surface area contributed by atoms with Gasteiger partial charge >= 0.3 is 5.97 Å². The Morgan fingerprint density at radius 3 is 2.71 bits per heavy atom. The van der Waals surface area contributed by atoms with Crippen molar-refractivity contribution in [3.05, 3.63) is 46.8 Å². The van der Waals surface area contributed by atoms with Crippen LogP contribution in [0.2, 0.25) is 0 Å². The average molecular weight is 327 g/mol. The molecule has 7 heteroatoms. The third-order valence-electron chi connectivity index (χ3n) is 3.72. The van der Waals surface area contributed by atoms with Crippen LogP contribution in [0.1, 0.15) is 18.1 Å². The summed E-state index contributed by atoms with van der Waals surface area (Å²) in [5.74, 6) is -0.550. The third-order valence-corrected chi connectivity index (χ3v) is 3.72. The lowest BCUT2D eigenvalue weighted by Crippen LogP contribution is -2.44. The Morgan fingerprint density at radius 2 is 2.00 bits per heavy atom. The average Bonchev–Trinajstić information content (AvgIpc) is 2.58. The fourth-order valence-corrected chi connectivity index (χ4v) is 2.63. The van der Waals surface area contributed by atoms with Crippen LogP contribution in [-0.2, 0) is 9.53 Å². The van der Waals surface area contributed by atoms with Gasteiger partial charge in [-0.2, -0.15) is 0 Å². The number of ether oxygens (including phenoxy) is 1. The van der Waals surface area contributed by atoms with Crippen LogP contribution in [0.4, 0.5) is 5.95 Å². The molecule has 0 saturated heterocycles. The molecule has 0 fully saturated rings. The summed E-state index contributed by atoms with van der Waals surface area (Å²) in [6, 6.07) is 10.6. The number of anilines is 1.